The molecule has 1 atom stereocenters. The van der Waals surface area contributed by atoms with E-state index in [-0.39, 0.29) is 17.7 Å². The Hall–Kier alpha value is -1.40. The smallest absolute Gasteiger partial charge is 0.259 e. The van der Waals surface area contributed by atoms with E-state index >= 15 is 0 Å². The number of carbonyl (C=O) groups excluding carboxylic acids is 1. The predicted molar refractivity (Wildman–Crippen MR) is 80.5 cm³/mol. The SMILES string of the molecule is CCN(C#N)C(=O)C(CS(C)(=O)=O)NC(=S)NC(C)C. The van der Waals surface area contributed by atoms with Gasteiger partial charge in [-0.25, -0.2) is 13.3 Å². The third-order valence-corrected chi connectivity index (χ3v) is 3.37. The van der Waals surface area contributed by atoms with Crippen LogP contribution in [0.1, 0.15) is 20.8 Å². The maximum atomic E-state index is 12.1. The Labute approximate surface area is 125 Å². The minimum absolute atomic E-state index is 0.0437. The van der Waals surface area contributed by atoms with Crippen LogP contribution in [0.4, 0.5) is 0 Å². The fourth-order valence-corrected chi connectivity index (χ4v) is 2.61. The lowest BCUT2D eigenvalue weighted by molar-refractivity contribution is -0.129. The highest BCUT2D eigenvalue weighted by Crippen LogP contribution is 1.99. The van der Waals surface area contributed by atoms with E-state index < -0.39 is 27.5 Å². The van der Waals surface area contributed by atoms with Gasteiger partial charge in [0.05, 0.1) is 5.75 Å². The summed E-state index contributed by atoms with van der Waals surface area (Å²) >= 11 is 5.00. The van der Waals surface area contributed by atoms with Gasteiger partial charge < -0.3 is 10.6 Å². The number of nitriles is 1. The number of amides is 1. The summed E-state index contributed by atoms with van der Waals surface area (Å²) in [7, 11) is -3.40. The van der Waals surface area contributed by atoms with Crippen LogP contribution in [0.15, 0.2) is 0 Å². The normalized spacial score (nSPS) is 12.4. The van der Waals surface area contributed by atoms with E-state index in [1.807, 2.05) is 13.8 Å². The predicted octanol–water partition coefficient (Wildman–Crippen LogP) is -0.398. The number of hydrogen-bond donors (Lipinski definition) is 2. The van der Waals surface area contributed by atoms with Crippen molar-refractivity contribution in [3.05, 3.63) is 0 Å². The molecule has 114 valence electrons. The zero-order valence-corrected chi connectivity index (χ0v) is 13.6. The van der Waals surface area contributed by atoms with Gasteiger partial charge >= 0.3 is 0 Å². The van der Waals surface area contributed by atoms with Gasteiger partial charge in [0.1, 0.15) is 15.9 Å². The van der Waals surface area contributed by atoms with E-state index in [9.17, 15) is 13.2 Å². The third kappa shape index (κ3) is 7.25. The Kier molecular flexibility index (Phi) is 7.45. The molecule has 1 amide bonds. The van der Waals surface area contributed by atoms with Crippen LogP contribution in [0.2, 0.25) is 0 Å². The van der Waals surface area contributed by atoms with Gasteiger partial charge in [-0.05, 0) is 33.0 Å². The van der Waals surface area contributed by atoms with Crippen molar-refractivity contribution in [2.75, 3.05) is 18.6 Å². The van der Waals surface area contributed by atoms with Crippen molar-refractivity contribution >= 4 is 33.1 Å². The second-order valence-electron chi connectivity index (χ2n) is 4.60. The number of hydrogen-bond acceptors (Lipinski definition) is 5. The minimum atomic E-state index is -3.40. The summed E-state index contributed by atoms with van der Waals surface area (Å²) in [6.45, 7) is 5.51. The van der Waals surface area contributed by atoms with Gasteiger partial charge in [-0.3, -0.25) is 4.79 Å². The molecule has 0 saturated carbocycles. The summed E-state index contributed by atoms with van der Waals surface area (Å²) < 4.78 is 22.8. The molecule has 0 aromatic heterocycles. The first kappa shape index (κ1) is 18.6. The highest BCUT2D eigenvalue weighted by molar-refractivity contribution is 7.90. The molecule has 0 aliphatic carbocycles. The molecule has 2 N–H and O–H groups in total. The first-order valence-corrected chi connectivity index (χ1v) is 8.53. The lowest BCUT2D eigenvalue weighted by Crippen LogP contribution is -2.53. The summed E-state index contributed by atoms with van der Waals surface area (Å²) in [6, 6.07) is -1.04. The molecule has 0 spiro atoms. The Morgan fingerprint density at radius 2 is 1.95 bits per heavy atom. The topological polar surface area (TPSA) is 102 Å². The maximum Gasteiger partial charge on any atom is 0.259 e. The number of nitrogens with one attached hydrogen (secondary N) is 2. The van der Waals surface area contributed by atoms with Crippen LogP contribution >= 0.6 is 12.2 Å². The van der Waals surface area contributed by atoms with Crippen molar-refractivity contribution in [2.45, 2.75) is 32.9 Å². The molecule has 0 aromatic carbocycles. The van der Waals surface area contributed by atoms with Crippen LogP contribution in [0.5, 0.6) is 0 Å². The summed E-state index contributed by atoms with van der Waals surface area (Å²) in [5, 5.41) is 14.5. The van der Waals surface area contributed by atoms with E-state index in [1.165, 1.54) is 0 Å². The van der Waals surface area contributed by atoms with Crippen molar-refractivity contribution in [3.63, 3.8) is 0 Å². The zero-order chi connectivity index (χ0) is 15.9. The molecule has 0 heterocycles. The molecular formula is C11H20N4O3S2. The van der Waals surface area contributed by atoms with Gasteiger partial charge in [-0.15, -0.1) is 0 Å². The highest BCUT2D eigenvalue weighted by Gasteiger charge is 2.28. The van der Waals surface area contributed by atoms with E-state index in [4.69, 9.17) is 17.5 Å². The van der Waals surface area contributed by atoms with Gasteiger partial charge in [-0.1, -0.05) is 0 Å². The standard InChI is InChI=1S/C11H20N4O3S2/c1-5-15(7-12)10(16)9(6-20(4,17)18)14-11(19)13-8(2)3/h8-9H,5-6H2,1-4H3,(H2,13,14,19). The lowest BCUT2D eigenvalue weighted by Gasteiger charge is -2.23. The van der Waals surface area contributed by atoms with Crippen molar-refractivity contribution in [1.29, 1.82) is 5.26 Å². The van der Waals surface area contributed by atoms with Crippen LogP contribution in [-0.4, -0.2) is 55.0 Å². The largest absolute Gasteiger partial charge is 0.361 e. The lowest BCUT2D eigenvalue weighted by atomic mass is 10.3. The summed E-state index contributed by atoms with van der Waals surface area (Å²) in [4.78, 5) is 13.0. The van der Waals surface area contributed by atoms with E-state index in [1.54, 1.807) is 13.1 Å². The van der Waals surface area contributed by atoms with Crippen LogP contribution in [-0.2, 0) is 14.6 Å². The van der Waals surface area contributed by atoms with Crippen molar-refractivity contribution < 1.29 is 13.2 Å². The molecule has 0 aliphatic rings. The zero-order valence-electron chi connectivity index (χ0n) is 12.0. The van der Waals surface area contributed by atoms with Gasteiger partial charge in [0, 0.05) is 18.8 Å². The first-order valence-electron chi connectivity index (χ1n) is 6.06. The Balaban J connectivity index is 5.05. The molecule has 0 bridgehead atoms. The monoisotopic (exact) mass is 320 g/mol. The van der Waals surface area contributed by atoms with Crippen LogP contribution in [0.3, 0.4) is 0 Å². The number of nitrogens with zero attached hydrogens (tertiary/aromatic N) is 2. The van der Waals surface area contributed by atoms with Crippen molar-refractivity contribution in [1.82, 2.24) is 15.5 Å². The van der Waals surface area contributed by atoms with E-state index in [0.717, 1.165) is 11.2 Å². The number of carbonyl (C=O) groups is 1. The Bertz CT molecular complexity index is 496. The first-order chi connectivity index (χ1) is 9.10. The Morgan fingerprint density at radius 1 is 1.40 bits per heavy atom. The minimum Gasteiger partial charge on any atom is -0.361 e. The fourth-order valence-electron chi connectivity index (χ4n) is 1.40. The molecule has 0 saturated heterocycles. The third-order valence-electron chi connectivity index (χ3n) is 2.20. The fraction of sp³-hybridized carbons (Fsp3) is 0.727. The Morgan fingerprint density at radius 3 is 2.30 bits per heavy atom. The number of sulfone groups is 1. The highest BCUT2D eigenvalue weighted by atomic mass is 32.2. The van der Waals surface area contributed by atoms with Gasteiger partial charge in [0.25, 0.3) is 5.91 Å². The molecule has 0 aromatic rings. The molecule has 0 fully saturated rings. The number of rotatable bonds is 6. The molecule has 0 radical (unpaired) electrons. The van der Waals surface area contributed by atoms with Crippen LogP contribution in [0, 0.1) is 11.5 Å². The molecule has 9 heteroatoms. The average Bonchev–Trinajstić information content (AvgIpc) is 2.26. The summed E-state index contributed by atoms with van der Waals surface area (Å²) in [5.41, 5.74) is 0. The molecule has 0 rings (SSSR count). The van der Waals surface area contributed by atoms with Gasteiger partial charge in [0.15, 0.2) is 11.3 Å². The molecule has 7 nitrogen and oxygen atoms in total. The number of thiocarbonyl (C=S) groups is 1. The molecular weight excluding hydrogens is 300 g/mol. The summed E-state index contributed by atoms with van der Waals surface area (Å²) in [6.07, 6.45) is 2.74. The van der Waals surface area contributed by atoms with E-state index in [0.29, 0.717) is 0 Å². The quantitative estimate of drug-likeness (QED) is 0.390. The summed E-state index contributed by atoms with van der Waals surface area (Å²) in [5.74, 6) is -1.04. The van der Waals surface area contributed by atoms with Crippen LogP contribution in [0.25, 0.3) is 0 Å². The second-order valence-corrected chi connectivity index (χ2v) is 7.19. The average molecular weight is 320 g/mol. The second kappa shape index (κ2) is 8.01. The van der Waals surface area contributed by atoms with Crippen molar-refractivity contribution in [3.8, 4) is 6.19 Å². The van der Waals surface area contributed by atoms with E-state index in [2.05, 4.69) is 10.6 Å². The van der Waals surface area contributed by atoms with Crippen LogP contribution < -0.4 is 10.6 Å². The van der Waals surface area contributed by atoms with Gasteiger partial charge in [-0.2, -0.15) is 5.26 Å². The maximum absolute atomic E-state index is 12.1. The molecule has 0 aliphatic heterocycles. The molecule has 20 heavy (non-hydrogen) atoms. The van der Waals surface area contributed by atoms with Gasteiger partial charge in [0.2, 0.25) is 0 Å². The van der Waals surface area contributed by atoms with Crippen molar-refractivity contribution in [2.24, 2.45) is 0 Å². The number of likely N-dealkylation sites (N-methyl/N-ethyl adjacent to an activating group) is 1. The molecule has 1 unspecified atom stereocenters.